The molecule has 10 heteroatoms. The minimum Gasteiger partial charge on any atom is -0.468 e. The maximum Gasteiger partial charge on any atom is 0.275 e. The lowest BCUT2D eigenvalue weighted by Crippen LogP contribution is -2.23. The number of sulfonamides is 1. The lowest BCUT2D eigenvalue weighted by molar-refractivity contribution is 0.102. The molecule has 7 nitrogen and oxygen atoms in total. The van der Waals surface area contributed by atoms with Crippen molar-refractivity contribution < 1.29 is 22.0 Å². The summed E-state index contributed by atoms with van der Waals surface area (Å²) in [5, 5.41) is 4.51. The van der Waals surface area contributed by atoms with Gasteiger partial charge in [0.25, 0.3) is 5.91 Å². The SMILES string of the molecule is O=C(Nc1cccc(S(=O)(=O)NCc2ccco2)c1)c1csc(-c2ccccc2F)n1. The van der Waals surface area contributed by atoms with Gasteiger partial charge >= 0.3 is 0 Å². The molecule has 0 saturated heterocycles. The third-order valence-corrected chi connectivity index (χ3v) is 6.53. The summed E-state index contributed by atoms with van der Waals surface area (Å²) in [5.41, 5.74) is 0.695. The van der Waals surface area contributed by atoms with Gasteiger partial charge in [0.2, 0.25) is 10.0 Å². The summed E-state index contributed by atoms with van der Waals surface area (Å²) in [5.74, 6) is -0.483. The van der Waals surface area contributed by atoms with Gasteiger partial charge in [-0.15, -0.1) is 11.3 Å². The molecule has 4 rings (SSSR count). The van der Waals surface area contributed by atoms with Crippen molar-refractivity contribution in [2.24, 2.45) is 0 Å². The Bertz CT molecular complexity index is 1320. The summed E-state index contributed by atoms with van der Waals surface area (Å²) in [6.07, 6.45) is 1.45. The van der Waals surface area contributed by atoms with E-state index in [0.29, 0.717) is 16.3 Å². The molecule has 0 atom stereocenters. The van der Waals surface area contributed by atoms with E-state index in [0.717, 1.165) is 11.3 Å². The van der Waals surface area contributed by atoms with Crippen LogP contribution in [-0.4, -0.2) is 19.3 Å². The van der Waals surface area contributed by atoms with E-state index in [-0.39, 0.29) is 22.8 Å². The quantitative estimate of drug-likeness (QED) is 0.432. The second kappa shape index (κ2) is 8.80. The van der Waals surface area contributed by atoms with Crippen molar-refractivity contribution in [2.75, 3.05) is 5.32 Å². The van der Waals surface area contributed by atoms with Crippen molar-refractivity contribution in [1.29, 1.82) is 0 Å². The molecule has 0 unspecified atom stereocenters. The first-order valence-corrected chi connectivity index (χ1v) is 11.4. The van der Waals surface area contributed by atoms with Crippen LogP contribution in [0.4, 0.5) is 10.1 Å². The Morgan fingerprint density at radius 1 is 1.10 bits per heavy atom. The molecule has 4 aromatic rings. The molecule has 2 aromatic heterocycles. The van der Waals surface area contributed by atoms with E-state index < -0.39 is 21.7 Å². The fourth-order valence-corrected chi connectivity index (χ4v) is 4.60. The van der Waals surface area contributed by atoms with Gasteiger partial charge in [0, 0.05) is 16.6 Å². The van der Waals surface area contributed by atoms with Crippen LogP contribution < -0.4 is 10.0 Å². The number of furan rings is 1. The predicted molar refractivity (Wildman–Crippen MR) is 115 cm³/mol. The van der Waals surface area contributed by atoms with Gasteiger partial charge in [0.05, 0.1) is 17.7 Å². The van der Waals surface area contributed by atoms with E-state index in [1.54, 1.807) is 36.4 Å². The standard InChI is InChI=1S/C21H16FN3O4S2/c22-18-9-2-1-8-17(18)21-25-19(13-30-21)20(26)24-14-5-3-7-16(11-14)31(27,28)23-12-15-6-4-10-29-15/h1-11,13,23H,12H2,(H,24,26). The topological polar surface area (TPSA) is 101 Å². The molecule has 2 N–H and O–H groups in total. The van der Waals surface area contributed by atoms with Crippen molar-refractivity contribution in [3.63, 3.8) is 0 Å². The highest BCUT2D eigenvalue weighted by atomic mass is 32.2. The van der Waals surface area contributed by atoms with Crippen LogP contribution in [0.1, 0.15) is 16.2 Å². The number of nitrogens with one attached hydrogen (secondary N) is 2. The number of halogens is 1. The molecule has 0 aliphatic carbocycles. The van der Waals surface area contributed by atoms with Crippen LogP contribution in [0.25, 0.3) is 10.6 Å². The molecule has 0 fully saturated rings. The molecule has 0 aliphatic rings. The van der Waals surface area contributed by atoms with Gasteiger partial charge in [0.1, 0.15) is 22.3 Å². The molecule has 0 spiro atoms. The van der Waals surface area contributed by atoms with E-state index in [1.807, 2.05) is 0 Å². The van der Waals surface area contributed by atoms with Crippen LogP contribution in [0, 0.1) is 5.82 Å². The van der Waals surface area contributed by atoms with Gasteiger partial charge in [-0.05, 0) is 42.5 Å². The van der Waals surface area contributed by atoms with E-state index in [1.165, 1.54) is 35.9 Å². The fourth-order valence-electron chi connectivity index (χ4n) is 2.74. The van der Waals surface area contributed by atoms with E-state index in [2.05, 4.69) is 15.0 Å². The Balaban J connectivity index is 1.47. The van der Waals surface area contributed by atoms with Crippen LogP contribution in [-0.2, 0) is 16.6 Å². The fraction of sp³-hybridized carbons (Fsp3) is 0.0476. The summed E-state index contributed by atoms with van der Waals surface area (Å²) < 4.78 is 46.5. The largest absolute Gasteiger partial charge is 0.468 e. The third kappa shape index (κ3) is 4.88. The summed E-state index contributed by atoms with van der Waals surface area (Å²) in [4.78, 5) is 16.7. The van der Waals surface area contributed by atoms with Gasteiger partial charge in [-0.25, -0.2) is 22.5 Å². The van der Waals surface area contributed by atoms with Crippen molar-refractivity contribution in [3.05, 3.63) is 89.6 Å². The molecular formula is C21H16FN3O4S2. The van der Waals surface area contributed by atoms with Crippen LogP contribution in [0.15, 0.2) is 81.6 Å². The third-order valence-electron chi connectivity index (χ3n) is 4.26. The van der Waals surface area contributed by atoms with Crippen molar-refractivity contribution >= 4 is 33.0 Å². The number of aromatic nitrogens is 1. The number of thiazole rings is 1. The molecule has 0 saturated carbocycles. The molecular weight excluding hydrogens is 441 g/mol. The number of benzene rings is 2. The van der Waals surface area contributed by atoms with Gasteiger partial charge in [-0.3, -0.25) is 4.79 Å². The maximum atomic E-state index is 13.9. The summed E-state index contributed by atoms with van der Waals surface area (Å²) in [6.45, 7) is 0.00354. The average Bonchev–Trinajstić information content (AvgIpc) is 3.45. The minimum absolute atomic E-state index is 0.00354. The Morgan fingerprint density at radius 2 is 1.94 bits per heavy atom. The number of carbonyl (C=O) groups is 1. The second-order valence-electron chi connectivity index (χ2n) is 6.40. The van der Waals surface area contributed by atoms with Crippen LogP contribution in [0.5, 0.6) is 0 Å². The zero-order chi connectivity index (χ0) is 21.8. The first-order chi connectivity index (χ1) is 14.9. The Morgan fingerprint density at radius 3 is 2.71 bits per heavy atom. The Kier molecular flexibility index (Phi) is 5.94. The van der Waals surface area contributed by atoms with E-state index >= 15 is 0 Å². The van der Waals surface area contributed by atoms with Crippen LogP contribution in [0.2, 0.25) is 0 Å². The molecule has 0 bridgehead atoms. The van der Waals surface area contributed by atoms with Crippen molar-refractivity contribution in [2.45, 2.75) is 11.4 Å². The summed E-state index contributed by atoms with van der Waals surface area (Å²) in [6, 6.07) is 15.3. The second-order valence-corrected chi connectivity index (χ2v) is 9.03. The lowest BCUT2D eigenvalue weighted by atomic mass is 10.2. The summed E-state index contributed by atoms with van der Waals surface area (Å²) >= 11 is 1.14. The van der Waals surface area contributed by atoms with Gasteiger partial charge < -0.3 is 9.73 Å². The molecule has 0 aliphatic heterocycles. The molecule has 2 aromatic carbocycles. The molecule has 2 heterocycles. The highest BCUT2D eigenvalue weighted by Crippen LogP contribution is 2.26. The summed E-state index contributed by atoms with van der Waals surface area (Å²) in [7, 11) is -3.81. The van der Waals surface area contributed by atoms with Crippen molar-refractivity contribution in [1.82, 2.24) is 9.71 Å². The van der Waals surface area contributed by atoms with Gasteiger partial charge in [0.15, 0.2) is 0 Å². The Labute approximate surface area is 181 Å². The first-order valence-electron chi connectivity index (χ1n) is 9.06. The first kappa shape index (κ1) is 20.9. The number of nitrogens with zero attached hydrogens (tertiary/aromatic N) is 1. The molecule has 0 radical (unpaired) electrons. The van der Waals surface area contributed by atoms with E-state index in [9.17, 15) is 17.6 Å². The minimum atomic E-state index is -3.81. The number of anilines is 1. The number of hydrogen-bond donors (Lipinski definition) is 2. The van der Waals surface area contributed by atoms with Crippen LogP contribution in [0.3, 0.4) is 0 Å². The molecule has 31 heavy (non-hydrogen) atoms. The zero-order valence-corrected chi connectivity index (χ0v) is 17.5. The highest BCUT2D eigenvalue weighted by molar-refractivity contribution is 7.89. The maximum absolute atomic E-state index is 13.9. The molecule has 158 valence electrons. The van der Waals surface area contributed by atoms with Crippen molar-refractivity contribution in [3.8, 4) is 10.6 Å². The van der Waals surface area contributed by atoms with Gasteiger partial charge in [-0.1, -0.05) is 18.2 Å². The lowest BCUT2D eigenvalue weighted by Gasteiger charge is -2.08. The number of amides is 1. The highest BCUT2D eigenvalue weighted by Gasteiger charge is 2.17. The number of rotatable bonds is 7. The zero-order valence-electron chi connectivity index (χ0n) is 15.9. The number of hydrogen-bond acceptors (Lipinski definition) is 6. The van der Waals surface area contributed by atoms with E-state index in [4.69, 9.17) is 4.42 Å². The normalized spacial score (nSPS) is 11.4. The predicted octanol–water partition coefficient (Wildman–Crippen LogP) is 4.27. The molecule has 1 amide bonds. The Hall–Kier alpha value is -3.34. The van der Waals surface area contributed by atoms with Crippen LogP contribution >= 0.6 is 11.3 Å². The monoisotopic (exact) mass is 457 g/mol. The van der Waals surface area contributed by atoms with Gasteiger partial charge in [-0.2, -0.15) is 0 Å². The number of carbonyl (C=O) groups excluding carboxylic acids is 1. The average molecular weight is 458 g/mol. The smallest absolute Gasteiger partial charge is 0.275 e.